The molecule has 338 valence electrons. The molecule has 0 saturated carbocycles. The molecule has 1 saturated heterocycles. The van der Waals surface area contributed by atoms with Crippen molar-refractivity contribution in [3.05, 3.63) is 89.3 Å². The number of β-amino-alcohol motifs (C(OH)–C–C–N with tert-alkyl or cyclic N) is 1. The number of ether oxygens (including phenoxy) is 3. The van der Waals surface area contributed by atoms with Crippen LogP contribution >= 0.6 is 22.7 Å². The number of nitrogens with zero attached hydrogens (tertiary/aromatic N) is 7. The van der Waals surface area contributed by atoms with E-state index in [0.29, 0.717) is 41.6 Å². The van der Waals surface area contributed by atoms with E-state index >= 15 is 0 Å². The van der Waals surface area contributed by atoms with Gasteiger partial charge in [0.05, 0.1) is 63.9 Å². The maximum Gasteiger partial charge on any atom is 0.243 e. The van der Waals surface area contributed by atoms with Gasteiger partial charge in [-0.05, 0) is 53.8 Å². The second kappa shape index (κ2) is 19.5. The molecule has 16 nitrogen and oxygen atoms in total. The van der Waals surface area contributed by atoms with Gasteiger partial charge in [-0.2, -0.15) is 5.26 Å². The number of anilines is 1. The van der Waals surface area contributed by atoms with Gasteiger partial charge in [-0.15, -0.1) is 11.3 Å². The van der Waals surface area contributed by atoms with Crippen molar-refractivity contribution >= 4 is 66.9 Å². The Morgan fingerprint density at radius 3 is 2.54 bits per heavy atom. The Morgan fingerprint density at radius 2 is 1.80 bits per heavy atom. The standard InChI is InChI=1S/C47H51N9O7S2/c1-28-42(64-27-51-28)31-8-6-29(7-9-31)23-50-44(59)38-20-32(57)24-55(38)45(60)35(47(2,3)4)19-33(58)26-62-15-14-61-16-17-63-34-10-11-37-39(21-34)65-46-52-36(25-56(37)46)41-43(49-5)54-13-12-30(22-48)18-40(54)53-41/h6-13,18,21,25,27,32,35,38,49,57H,14-17,19-20,23-24,26H2,1-5H3,(H,50,59)/t32-,35-,38+/m1/s1. The monoisotopic (exact) mass is 917 g/mol. The Bertz CT molecular complexity index is 2890. The van der Waals surface area contributed by atoms with E-state index in [1.807, 2.05) is 104 Å². The number of benzene rings is 2. The van der Waals surface area contributed by atoms with E-state index in [1.54, 1.807) is 23.5 Å². The predicted octanol–water partition coefficient (Wildman–Crippen LogP) is 6.52. The fraction of sp³-hybridized carbons (Fsp3) is 0.383. The van der Waals surface area contributed by atoms with Crippen LogP contribution in [0, 0.1) is 29.6 Å². The van der Waals surface area contributed by atoms with Gasteiger partial charge in [-0.3, -0.25) is 23.2 Å². The smallest absolute Gasteiger partial charge is 0.243 e. The summed E-state index contributed by atoms with van der Waals surface area (Å²) in [5.41, 5.74) is 7.73. The summed E-state index contributed by atoms with van der Waals surface area (Å²) in [4.78, 5) is 57.9. The molecule has 8 rings (SSSR count). The molecular weight excluding hydrogens is 867 g/mol. The molecule has 0 bridgehead atoms. The van der Waals surface area contributed by atoms with Crippen LogP contribution in [0.5, 0.6) is 5.75 Å². The number of Topliss-reactive ketones (excluding diaryl/α,β-unsaturated/α-hetero) is 1. The second-order valence-corrected chi connectivity index (χ2v) is 18.9. The molecule has 2 amide bonds. The molecule has 3 atom stereocenters. The van der Waals surface area contributed by atoms with Gasteiger partial charge in [-0.1, -0.05) is 56.4 Å². The van der Waals surface area contributed by atoms with Crippen molar-refractivity contribution in [1.29, 1.82) is 5.26 Å². The summed E-state index contributed by atoms with van der Waals surface area (Å²) in [5.74, 6) is -0.158. The minimum Gasteiger partial charge on any atom is -0.491 e. The van der Waals surface area contributed by atoms with Crippen LogP contribution in [-0.2, 0) is 30.4 Å². The van der Waals surface area contributed by atoms with Gasteiger partial charge in [-0.25, -0.2) is 15.0 Å². The van der Waals surface area contributed by atoms with Crippen LogP contribution in [0.2, 0.25) is 0 Å². The van der Waals surface area contributed by atoms with E-state index in [1.165, 1.54) is 16.2 Å². The summed E-state index contributed by atoms with van der Waals surface area (Å²) in [6.45, 7) is 8.81. The van der Waals surface area contributed by atoms with E-state index in [0.717, 1.165) is 42.7 Å². The van der Waals surface area contributed by atoms with E-state index in [9.17, 15) is 24.8 Å². The number of rotatable bonds is 18. The molecule has 18 heteroatoms. The first kappa shape index (κ1) is 45.3. The number of thiazole rings is 2. The summed E-state index contributed by atoms with van der Waals surface area (Å²) in [7, 11) is 1.83. The molecule has 0 aliphatic carbocycles. The first-order valence-electron chi connectivity index (χ1n) is 21.4. The number of aliphatic hydroxyl groups is 1. The minimum absolute atomic E-state index is 0.0211. The molecule has 1 aliphatic heterocycles. The number of ketones is 1. The number of imidazole rings is 2. The number of nitrogens with one attached hydrogen (secondary N) is 2. The highest BCUT2D eigenvalue weighted by Gasteiger charge is 2.44. The fourth-order valence-electron chi connectivity index (χ4n) is 8.06. The maximum atomic E-state index is 14.0. The Kier molecular flexibility index (Phi) is 13.6. The Balaban J connectivity index is 0.766. The molecule has 65 heavy (non-hydrogen) atoms. The van der Waals surface area contributed by atoms with Crippen LogP contribution < -0.4 is 15.4 Å². The van der Waals surface area contributed by atoms with Crippen LogP contribution in [0.3, 0.4) is 0 Å². The summed E-state index contributed by atoms with van der Waals surface area (Å²) in [5, 5.41) is 26.1. The largest absolute Gasteiger partial charge is 0.491 e. The van der Waals surface area contributed by atoms with Crippen molar-refractivity contribution < 1.29 is 33.7 Å². The second-order valence-electron chi connectivity index (χ2n) is 17.1. The third-order valence-corrected chi connectivity index (χ3v) is 13.5. The number of carbonyl (C=O) groups is 3. The average Bonchev–Trinajstić information content (AvgIpc) is 4.13. The summed E-state index contributed by atoms with van der Waals surface area (Å²) in [6, 6.07) is 18.6. The molecular formula is C47H51N9O7S2. The maximum absolute atomic E-state index is 14.0. The van der Waals surface area contributed by atoms with Gasteiger partial charge in [0.25, 0.3) is 0 Å². The van der Waals surface area contributed by atoms with Crippen LogP contribution in [0.1, 0.15) is 50.4 Å². The number of pyridine rings is 1. The van der Waals surface area contributed by atoms with Gasteiger partial charge < -0.3 is 34.9 Å². The third-order valence-electron chi connectivity index (χ3n) is 11.5. The van der Waals surface area contributed by atoms with Gasteiger partial charge in [0.15, 0.2) is 10.7 Å². The van der Waals surface area contributed by atoms with E-state index in [2.05, 4.69) is 21.7 Å². The molecule has 3 N–H and O–H groups in total. The van der Waals surface area contributed by atoms with Crippen molar-refractivity contribution in [3.63, 3.8) is 0 Å². The van der Waals surface area contributed by atoms with Crippen LogP contribution in [0.15, 0.2) is 72.5 Å². The van der Waals surface area contributed by atoms with Crippen molar-refractivity contribution in [2.75, 3.05) is 51.9 Å². The average molecular weight is 918 g/mol. The normalized spacial score (nSPS) is 15.7. The molecule has 1 fully saturated rings. The fourth-order valence-corrected chi connectivity index (χ4v) is 9.91. The Morgan fingerprint density at radius 1 is 1.02 bits per heavy atom. The summed E-state index contributed by atoms with van der Waals surface area (Å²) >= 11 is 3.11. The molecule has 5 aromatic heterocycles. The first-order chi connectivity index (χ1) is 31.3. The van der Waals surface area contributed by atoms with Crippen LogP contribution in [0.25, 0.3) is 42.7 Å². The number of aliphatic hydroxyl groups excluding tert-OH is 1. The number of amides is 2. The topological polar surface area (TPSA) is 198 Å². The van der Waals surface area contributed by atoms with Crippen LogP contribution in [-0.4, -0.2) is 110 Å². The molecule has 0 spiro atoms. The number of nitriles is 1. The number of hydrogen-bond acceptors (Lipinski definition) is 14. The molecule has 0 unspecified atom stereocenters. The number of fused-ring (bicyclic) bond motifs is 4. The lowest BCUT2D eigenvalue weighted by Crippen LogP contribution is -2.50. The van der Waals surface area contributed by atoms with E-state index in [4.69, 9.17) is 24.2 Å². The summed E-state index contributed by atoms with van der Waals surface area (Å²) < 4.78 is 22.2. The lowest BCUT2D eigenvalue weighted by Gasteiger charge is -2.34. The highest BCUT2D eigenvalue weighted by Crippen LogP contribution is 2.36. The van der Waals surface area contributed by atoms with Gasteiger partial charge in [0, 0.05) is 51.3 Å². The number of hydrogen-bond donors (Lipinski definition) is 3. The van der Waals surface area contributed by atoms with Crippen molar-refractivity contribution in [2.45, 2.75) is 59.2 Å². The quantitative estimate of drug-likeness (QED) is 0.0790. The zero-order valence-corrected chi connectivity index (χ0v) is 38.5. The third kappa shape index (κ3) is 10.0. The van der Waals surface area contributed by atoms with E-state index in [-0.39, 0.29) is 63.3 Å². The molecule has 2 aromatic carbocycles. The van der Waals surface area contributed by atoms with Crippen molar-refractivity contribution in [3.8, 4) is 33.6 Å². The van der Waals surface area contributed by atoms with Gasteiger partial charge in [0.1, 0.15) is 47.9 Å². The van der Waals surface area contributed by atoms with Gasteiger partial charge in [0.2, 0.25) is 11.8 Å². The van der Waals surface area contributed by atoms with E-state index < -0.39 is 23.5 Å². The lowest BCUT2D eigenvalue weighted by atomic mass is 9.77. The number of aryl methyl sites for hydroxylation is 1. The number of aromatic nitrogens is 5. The molecule has 1 aliphatic rings. The molecule has 0 radical (unpaired) electrons. The highest BCUT2D eigenvalue weighted by atomic mass is 32.1. The Labute approximate surface area is 383 Å². The van der Waals surface area contributed by atoms with Crippen molar-refractivity contribution in [2.24, 2.45) is 11.3 Å². The zero-order valence-electron chi connectivity index (χ0n) is 36.9. The summed E-state index contributed by atoms with van der Waals surface area (Å²) in [6.07, 6.45) is 3.00. The Hall–Kier alpha value is -6.23. The molecule has 7 aromatic rings. The number of carbonyl (C=O) groups excluding carboxylic acids is 3. The SMILES string of the molecule is CNc1c(-c2cn3c(n2)sc2cc(OCCOCCOCC(=O)C[C@H](C(=O)N4C[C@H](O)C[C@H]4C(=O)NCc4ccc(-c5scnc5C)cc4)C(C)(C)C)ccc23)nc2cc(C#N)ccn12. The van der Waals surface area contributed by atoms with Crippen LogP contribution in [0.4, 0.5) is 5.82 Å². The number of likely N-dealkylation sites (tertiary alicyclic amines) is 1. The lowest BCUT2D eigenvalue weighted by molar-refractivity contribution is -0.146. The highest BCUT2D eigenvalue weighted by molar-refractivity contribution is 7.23. The zero-order chi connectivity index (χ0) is 45.8. The van der Waals surface area contributed by atoms with Crippen molar-refractivity contribution in [1.82, 2.24) is 34.0 Å². The predicted molar refractivity (Wildman–Crippen MR) is 249 cm³/mol. The first-order valence-corrected chi connectivity index (χ1v) is 23.1. The minimum atomic E-state index is -0.848. The van der Waals surface area contributed by atoms with Gasteiger partial charge >= 0.3 is 0 Å². The molecule has 6 heterocycles.